The summed E-state index contributed by atoms with van der Waals surface area (Å²) in [6.07, 6.45) is 0. The van der Waals surface area contributed by atoms with Gasteiger partial charge in [0.25, 0.3) is 5.91 Å². The first-order valence-electron chi connectivity index (χ1n) is 5.91. The van der Waals surface area contributed by atoms with Crippen LogP contribution in [0.3, 0.4) is 0 Å². The number of nitrogens with one attached hydrogen (secondary N) is 1. The van der Waals surface area contributed by atoms with Crippen molar-refractivity contribution in [1.29, 1.82) is 0 Å². The minimum Gasteiger partial charge on any atom is -0.398 e. The van der Waals surface area contributed by atoms with Crippen LogP contribution in [0.15, 0.2) is 36.4 Å². The van der Waals surface area contributed by atoms with E-state index in [-0.39, 0.29) is 11.7 Å². The molecule has 0 aliphatic rings. The van der Waals surface area contributed by atoms with E-state index in [1.165, 1.54) is 18.2 Å². The standard InChI is InChI=1S/C15H15FN2O/c1-9-3-5-12(13(17)7-9)15(19)18-14-6-4-11(16)8-10(14)2/h3-8H,17H2,1-2H3,(H,18,19). The summed E-state index contributed by atoms with van der Waals surface area (Å²) in [7, 11) is 0. The number of nitrogen functional groups attached to an aromatic ring is 1. The van der Waals surface area contributed by atoms with Crippen LogP contribution in [0.4, 0.5) is 15.8 Å². The molecule has 0 radical (unpaired) electrons. The minimum absolute atomic E-state index is 0.299. The second-order valence-corrected chi connectivity index (χ2v) is 4.50. The largest absolute Gasteiger partial charge is 0.398 e. The molecule has 0 fully saturated rings. The molecule has 0 unspecified atom stereocenters. The van der Waals surface area contributed by atoms with Gasteiger partial charge in [0.2, 0.25) is 0 Å². The molecule has 0 saturated heterocycles. The number of amides is 1. The first-order chi connectivity index (χ1) is 8.97. The maximum absolute atomic E-state index is 13.0. The molecule has 0 atom stereocenters. The smallest absolute Gasteiger partial charge is 0.257 e. The first-order valence-corrected chi connectivity index (χ1v) is 5.91. The highest BCUT2D eigenvalue weighted by atomic mass is 19.1. The molecule has 4 heteroatoms. The van der Waals surface area contributed by atoms with Gasteiger partial charge in [0.1, 0.15) is 5.82 Å². The third kappa shape index (κ3) is 2.91. The molecule has 0 aliphatic heterocycles. The van der Waals surface area contributed by atoms with Crippen LogP contribution in [0.25, 0.3) is 0 Å². The van der Waals surface area contributed by atoms with Gasteiger partial charge < -0.3 is 11.1 Å². The Hall–Kier alpha value is -2.36. The van der Waals surface area contributed by atoms with Crippen molar-refractivity contribution in [2.45, 2.75) is 13.8 Å². The Labute approximate surface area is 111 Å². The van der Waals surface area contributed by atoms with Crippen molar-refractivity contribution in [3.05, 3.63) is 58.9 Å². The lowest BCUT2D eigenvalue weighted by atomic mass is 10.1. The van der Waals surface area contributed by atoms with Crippen LogP contribution < -0.4 is 11.1 Å². The Balaban J connectivity index is 2.25. The maximum Gasteiger partial charge on any atom is 0.257 e. The summed E-state index contributed by atoms with van der Waals surface area (Å²) in [6.45, 7) is 3.64. The van der Waals surface area contributed by atoms with E-state index in [0.29, 0.717) is 22.5 Å². The van der Waals surface area contributed by atoms with Crippen LogP contribution in [-0.2, 0) is 0 Å². The Bertz CT molecular complexity index is 638. The first kappa shape index (κ1) is 13.1. The summed E-state index contributed by atoms with van der Waals surface area (Å²) in [5.41, 5.74) is 8.89. The molecule has 0 heterocycles. The van der Waals surface area contributed by atoms with Gasteiger partial charge in [0.15, 0.2) is 0 Å². The topological polar surface area (TPSA) is 55.1 Å². The number of hydrogen-bond donors (Lipinski definition) is 2. The summed E-state index contributed by atoms with van der Waals surface area (Å²) < 4.78 is 13.0. The molecule has 0 saturated carbocycles. The number of rotatable bonds is 2. The van der Waals surface area contributed by atoms with E-state index in [2.05, 4.69) is 5.32 Å². The molecule has 2 rings (SSSR count). The fourth-order valence-electron chi connectivity index (χ4n) is 1.85. The summed E-state index contributed by atoms with van der Waals surface area (Å²) >= 11 is 0. The minimum atomic E-state index is -0.328. The summed E-state index contributed by atoms with van der Waals surface area (Å²) in [4.78, 5) is 12.1. The third-order valence-electron chi connectivity index (χ3n) is 2.89. The zero-order chi connectivity index (χ0) is 14.0. The van der Waals surface area contributed by atoms with Crippen LogP contribution in [0.1, 0.15) is 21.5 Å². The number of aryl methyl sites for hydroxylation is 2. The summed E-state index contributed by atoms with van der Waals surface area (Å²) in [5, 5.41) is 2.73. The lowest BCUT2D eigenvalue weighted by Gasteiger charge is -2.10. The predicted molar refractivity (Wildman–Crippen MR) is 74.7 cm³/mol. The maximum atomic E-state index is 13.0. The average molecular weight is 258 g/mol. The number of nitrogens with two attached hydrogens (primary N) is 1. The zero-order valence-electron chi connectivity index (χ0n) is 10.8. The van der Waals surface area contributed by atoms with E-state index in [0.717, 1.165) is 5.56 Å². The monoisotopic (exact) mass is 258 g/mol. The van der Waals surface area contributed by atoms with Crippen molar-refractivity contribution in [2.24, 2.45) is 0 Å². The van der Waals surface area contributed by atoms with Gasteiger partial charge in [-0.05, 0) is 55.3 Å². The van der Waals surface area contributed by atoms with Crippen molar-refractivity contribution in [1.82, 2.24) is 0 Å². The molecular weight excluding hydrogens is 243 g/mol. The summed E-state index contributed by atoms with van der Waals surface area (Å²) in [5.74, 6) is -0.627. The van der Waals surface area contributed by atoms with Crippen LogP contribution in [0, 0.1) is 19.7 Å². The Morgan fingerprint density at radius 3 is 2.53 bits per heavy atom. The number of benzene rings is 2. The van der Waals surface area contributed by atoms with Gasteiger partial charge >= 0.3 is 0 Å². The third-order valence-corrected chi connectivity index (χ3v) is 2.89. The number of anilines is 2. The van der Waals surface area contributed by atoms with E-state index in [1.54, 1.807) is 19.1 Å². The van der Waals surface area contributed by atoms with Gasteiger partial charge in [-0.25, -0.2) is 4.39 Å². The molecule has 0 bridgehead atoms. The molecule has 3 N–H and O–H groups in total. The van der Waals surface area contributed by atoms with Crippen molar-refractivity contribution in [3.8, 4) is 0 Å². The van der Waals surface area contributed by atoms with E-state index in [1.807, 2.05) is 13.0 Å². The SMILES string of the molecule is Cc1ccc(C(=O)Nc2ccc(F)cc2C)c(N)c1. The zero-order valence-corrected chi connectivity index (χ0v) is 10.8. The van der Waals surface area contributed by atoms with Gasteiger partial charge in [0.05, 0.1) is 5.56 Å². The molecule has 0 spiro atoms. The normalized spacial score (nSPS) is 10.3. The lowest BCUT2D eigenvalue weighted by molar-refractivity contribution is 0.102. The van der Waals surface area contributed by atoms with Crippen LogP contribution in [0.2, 0.25) is 0 Å². The summed E-state index contributed by atoms with van der Waals surface area (Å²) in [6, 6.07) is 9.45. The number of carbonyl (C=O) groups excluding carboxylic acids is 1. The molecule has 1 amide bonds. The Kier molecular flexibility index (Phi) is 3.51. The number of halogens is 1. The fraction of sp³-hybridized carbons (Fsp3) is 0.133. The van der Waals surface area contributed by atoms with E-state index >= 15 is 0 Å². The molecule has 0 aliphatic carbocycles. The molecule has 98 valence electrons. The molecule has 0 aromatic heterocycles. The molecule has 2 aromatic carbocycles. The van der Waals surface area contributed by atoms with Gasteiger partial charge in [-0.15, -0.1) is 0 Å². The van der Waals surface area contributed by atoms with Crippen molar-refractivity contribution in [2.75, 3.05) is 11.1 Å². The predicted octanol–water partition coefficient (Wildman–Crippen LogP) is 3.28. The highest BCUT2D eigenvalue weighted by Gasteiger charge is 2.11. The highest BCUT2D eigenvalue weighted by Crippen LogP contribution is 2.19. The van der Waals surface area contributed by atoms with Crippen molar-refractivity contribution >= 4 is 17.3 Å². The second-order valence-electron chi connectivity index (χ2n) is 4.50. The van der Waals surface area contributed by atoms with Crippen LogP contribution in [-0.4, -0.2) is 5.91 Å². The quantitative estimate of drug-likeness (QED) is 0.812. The lowest BCUT2D eigenvalue weighted by Crippen LogP contribution is -2.14. The van der Waals surface area contributed by atoms with Gasteiger partial charge in [-0.2, -0.15) is 0 Å². The molecular formula is C15H15FN2O. The number of carbonyl (C=O) groups is 1. The van der Waals surface area contributed by atoms with E-state index in [4.69, 9.17) is 5.73 Å². The van der Waals surface area contributed by atoms with Gasteiger partial charge in [-0.1, -0.05) is 6.07 Å². The van der Waals surface area contributed by atoms with Crippen LogP contribution in [0.5, 0.6) is 0 Å². The van der Waals surface area contributed by atoms with E-state index in [9.17, 15) is 9.18 Å². The van der Waals surface area contributed by atoms with Gasteiger partial charge in [0, 0.05) is 11.4 Å². The highest BCUT2D eigenvalue weighted by molar-refractivity contribution is 6.08. The molecule has 19 heavy (non-hydrogen) atoms. The molecule has 3 nitrogen and oxygen atoms in total. The average Bonchev–Trinajstić information content (AvgIpc) is 2.32. The van der Waals surface area contributed by atoms with Crippen molar-refractivity contribution < 1.29 is 9.18 Å². The van der Waals surface area contributed by atoms with E-state index < -0.39 is 0 Å². The fourth-order valence-corrected chi connectivity index (χ4v) is 1.85. The van der Waals surface area contributed by atoms with Crippen molar-refractivity contribution in [3.63, 3.8) is 0 Å². The number of hydrogen-bond acceptors (Lipinski definition) is 2. The Morgan fingerprint density at radius 2 is 1.89 bits per heavy atom. The second kappa shape index (κ2) is 5.10. The van der Waals surface area contributed by atoms with Gasteiger partial charge in [-0.3, -0.25) is 4.79 Å². The van der Waals surface area contributed by atoms with Crippen LogP contribution >= 0.6 is 0 Å². The molecule has 2 aromatic rings. The Morgan fingerprint density at radius 1 is 1.16 bits per heavy atom.